The van der Waals surface area contributed by atoms with E-state index in [9.17, 15) is 14.7 Å². The van der Waals surface area contributed by atoms with Crippen molar-refractivity contribution in [3.63, 3.8) is 0 Å². The van der Waals surface area contributed by atoms with Crippen LogP contribution in [0.15, 0.2) is 90.6 Å². The summed E-state index contributed by atoms with van der Waals surface area (Å²) in [5.41, 5.74) is 6.63. The molecule has 42 heavy (non-hydrogen) atoms. The first-order valence-corrected chi connectivity index (χ1v) is 15.0. The molecule has 3 aromatic carbocycles. The molecule has 1 atom stereocenters. The number of hydrogen-bond acceptors (Lipinski definition) is 5. The zero-order chi connectivity index (χ0) is 28.9. The minimum Gasteiger partial charge on any atom is -0.478 e. The molecule has 7 heteroatoms. The van der Waals surface area contributed by atoms with Crippen molar-refractivity contribution in [2.45, 2.75) is 56.6 Å². The second-order valence-corrected chi connectivity index (χ2v) is 12.8. The molecule has 3 aromatic rings. The Labute approximate surface area is 246 Å². The highest BCUT2D eigenvalue weighted by molar-refractivity contribution is 6.07. The number of anilines is 2. The summed E-state index contributed by atoms with van der Waals surface area (Å²) in [6, 6.07) is 24.5. The summed E-state index contributed by atoms with van der Waals surface area (Å²) >= 11 is 0. The lowest BCUT2D eigenvalue weighted by Crippen LogP contribution is -2.56. The molecule has 216 valence electrons. The van der Waals surface area contributed by atoms with Gasteiger partial charge in [0.2, 0.25) is 0 Å². The highest BCUT2D eigenvalue weighted by Crippen LogP contribution is 2.57. The van der Waals surface area contributed by atoms with Gasteiger partial charge >= 0.3 is 5.97 Å². The summed E-state index contributed by atoms with van der Waals surface area (Å²) in [4.78, 5) is 25.8. The number of carbonyl (C=O) groups excluding carboxylic acids is 1. The van der Waals surface area contributed by atoms with E-state index in [1.165, 1.54) is 31.4 Å². The Bertz CT molecular complexity index is 1520. The van der Waals surface area contributed by atoms with E-state index < -0.39 is 11.5 Å². The van der Waals surface area contributed by atoms with Crippen LogP contribution in [-0.2, 0) is 15.1 Å². The fourth-order valence-corrected chi connectivity index (χ4v) is 8.29. The molecule has 4 bridgehead atoms. The van der Waals surface area contributed by atoms with Gasteiger partial charge in [-0.05, 0) is 98.6 Å². The van der Waals surface area contributed by atoms with Gasteiger partial charge in [-0.1, -0.05) is 54.6 Å². The molecule has 7 nitrogen and oxygen atoms in total. The monoisotopic (exact) mass is 563 g/mol. The molecule has 4 saturated carbocycles. The number of carboxylic acid groups (broad SMARTS) is 1. The van der Waals surface area contributed by atoms with Gasteiger partial charge in [-0.3, -0.25) is 9.80 Å². The Balaban J connectivity index is 1.28. The van der Waals surface area contributed by atoms with Crippen LogP contribution < -0.4 is 15.8 Å². The quantitative estimate of drug-likeness (QED) is 0.293. The Kier molecular flexibility index (Phi) is 6.67. The number of para-hydroxylation sites is 1. The van der Waals surface area contributed by atoms with Crippen LogP contribution in [0.2, 0.25) is 0 Å². The van der Waals surface area contributed by atoms with Crippen molar-refractivity contribution in [1.82, 2.24) is 5.43 Å². The van der Waals surface area contributed by atoms with Gasteiger partial charge in [-0.25, -0.2) is 10.2 Å². The molecule has 4 aliphatic carbocycles. The molecule has 0 spiro atoms. The summed E-state index contributed by atoms with van der Waals surface area (Å²) in [7, 11) is 0. The number of amides is 1. The largest absolute Gasteiger partial charge is 0.478 e. The zero-order valence-electron chi connectivity index (χ0n) is 23.9. The average Bonchev–Trinajstić information content (AvgIpc) is 3.37. The number of benzene rings is 3. The Hall–Kier alpha value is -3.94. The van der Waals surface area contributed by atoms with Crippen LogP contribution in [0.3, 0.4) is 0 Å². The molecule has 0 saturated heterocycles. The lowest BCUT2D eigenvalue weighted by Gasteiger charge is -2.57. The van der Waals surface area contributed by atoms with Crippen LogP contribution in [0.1, 0.15) is 60.0 Å². The maximum absolute atomic E-state index is 14.2. The van der Waals surface area contributed by atoms with Crippen molar-refractivity contribution in [1.29, 1.82) is 0 Å². The summed E-state index contributed by atoms with van der Waals surface area (Å²) in [5, 5.41) is 14.4. The summed E-state index contributed by atoms with van der Waals surface area (Å²) in [6.07, 6.45) is 9.14. The minimum atomic E-state index is -1.04. The van der Waals surface area contributed by atoms with Crippen molar-refractivity contribution in [3.8, 4) is 0 Å². The molecular weight excluding hydrogens is 526 g/mol. The molecule has 5 aliphatic rings. The molecule has 0 aromatic heterocycles. The highest BCUT2D eigenvalue weighted by Gasteiger charge is 2.54. The maximum Gasteiger partial charge on any atom is 0.335 e. The Morgan fingerprint density at radius 3 is 2.26 bits per heavy atom. The van der Waals surface area contributed by atoms with Gasteiger partial charge in [0.25, 0.3) is 5.91 Å². The van der Waals surface area contributed by atoms with E-state index in [2.05, 4.69) is 23.7 Å². The Morgan fingerprint density at radius 1 is 0.929 bits per heavy atom. The number of hydrazine groups is 1. The molecule has 1 unspecified atom stereocenters. The van der Waals surface area contributed by atoms with Crippen molar-refractivity contribution < 1.29 is 19.4 Å². The lowest BCUT2D eigenvalue weighted by molar-refractivity contribution is -0.171. The van der Waals surface area contributed by atoms with Crippen LogP contribution in [0.4, 0.5) is 11.4 Å². The third kappa shape index (κ3) is 4.80. The number of aromatic carboxylic acids is 1. The second kappa shape index (κ2) is 10.4. The van der Waals surface area contributed by atoms with Gasteiger partial charge in [0.15, 0.2) is 0 Å². The van der Waals surface area contributed by atoms with Gasteiger partial charge < -0.3 is 15.2 Å². The van der Waals surface area contributed by atoms with Crippen molar-refractivity contribution in [2.24, 2.45) is 17.8 Å². The van der Waals surface area contributed by atoms with Crippen LogP contribution >= 0.6 is 0 Å². The minimum absolute atomic E-state index is 0.118. The van der Waals surface area contributed by atoms with Gasteiger partial charge in [0, 0.05) is 11.9 Å². The van der Waals surface area contributed by atoms with Crippen LogP contribution in [0, 0.1) is 24.7 Å². The predicted molar refractivity (Wildman–Crippen MR) is 162 cm³/mol. The third-order valence-corrected chi connectivity index (χ3v) is 9.86. The number of hydrogen-bond donors (Lipinski definition) is 3. The van der Waals surface area contributed by atoms with E-state index in [0.29, 0.717) is 17.9 Å². The molecular formula is C35H37N3O4. The number of carboxylic acids is 1. The van der Waals surface area contributed by atoms with E-state index in [1.54, 1.807) is 12.1 Å². The lowest BCUT2D eigenvalue weighted by atomic mass is 9.54. The second-order valence-electron chi connectivity index (χ2n) is 12.8. The highest BCUT2D eigenvalue weighted by atomic mass is 16.5. The van der Waals surface area contributed by atoms with E-state index in [0.717, 1.165) is 53.8 Å². The van der Waals surface area contributed by atoms with Gasteiger partial charge in [0.1, 0.15) is 5.54 Å². The molecule has 3 N–H and O–H groups in total. The van der Waals surface area contributed by atoms with Crippen LogP contribution in [-0.4, -0.2) is 29.2 Å². The maximum atomic E-state index is 14.2. The Morgan fingerprint density at radius 2 is 1.60 bits per heavy atom. The normalized spacial score (nSPS) is 29.4. The first-order valence-electron chi connectivity index (χ1n) is 15.0. The summed E-state index contributed by atoms with van der Waals surface area (Å²) in [6.45, 7) is 2.36. The smallest absolute Gasteiger partial charge is 0.335 e. The topological polar surface area (TPSA) is 90.9 Å². The SMILES string of the molecule is Cc1ccccc1N1C=C(C(=O)Nc2cccc(C(=O)O)c2)C(COC23CC4CC(CC(C4)C2)C3)(c2ccccc2)N1. The van der Waals surface area contributed by atoms with Gasteiger partial charge in [0.05, 0.1) is 29.0 Å². The number of rotatable bonds is 8. The summed E-state index contributed by atoms with van der Waals surface area (Å²) in [5.74, 6) is 0.872. The number of nitrogens with one attached hydrogen (secondary N) is 2. The molecule has 0 radical (unpaired) electrons. The van der Waals surface area contributed by atoms with Gasteiger partial charge in [-0.15, -0.1) is 0 Å². The van der Waals surface area contributed by atoms with E-state index >= 15 is 0 Å². The molecule has 1 amide bonds. The third-order valence-electron chi connectivity index (χ3n) is 9.86. The zero-order valence-corrected chi connectivity index (χ0v) is 23.9. The fraction of sp³-hybridized carbons (Fsp3) is 0.371. The van der Waals surface area contributed by atoms with Crippen molar-refractivity contribution in [2.75, 3.05) is 16.9 Å². The molecule has 1 aliphatic heterocycles. The van der Waals surface area contributed by atoms with Crippen molar-refractivity contribution >= 4 is 23.3 Å². The number of ether oxygens (including phenoxy) is 1. The average molecular weight is 564 g/mol. The number of carbonyl (C=O) groups is 2. The van der Waals surface area contributed by atoms with Crippen LogP contribution in [0.5, 0.6) is 0 Å². The molecule has 4 fully saturated rings. The number of aryl methyl sites for hydroxylation is 1. The standard InChI is InChI=1S/C35H37N3O4/c1-23-8-5-6-13-31(23)38-21-30(32(39)36-29-12-7-9-27(17-29)33(40)41)35(37-38,28-10-3-2-4-11-28)22-42-34-18-24-14-25(19-34)16-26(15-24)20-34/h2-13,17,21,24-26,37H,14-16,18-20,22H2,1H3,(H,36,39)(H,40,41). The first-order chi connectivity index (χ1) is 20.3. The predicted octanol–water partition coefficient (Wildman–Crippen LogP) is 6.42. The number of nitrogens with zero attached hydrogens (tertiary/aromatic N) is 1. The van der Waals surface area contributed by atoms with E-state index in [4.69, 9.17) is 4.74 Å². The van der Waals surface area contributed by atoms with Crippen molar-refractivity contribution in [3.05, 3.63) is 107 Å². The summed E-state index contributed by atoms with van der Waals surface area (Å²) < 4.78 is 7.09. The van der Waals surface area contributed by atoms with E-state index in [-0.39, 0.29) is 17.1 Å². The van der Waals surface area contributed by atoms with E-state index in [1.807, 2.05) is 59.7 Å². The first kappa shape index (κ1) is 26.9. The van der Waals surface area contributed by atoms with Crippen LogP contribution in [0.25, 0.3) is 0 Å². The van der Waals surface area contributed by atoms with Gasteiger partial charge in [-0.2, -0.15) is 0 Å². The molecule has 1 heterocycles. The fourth-order valence-electron chi connectivity index (χ4n) is 8.29. The molecule has 8 rings (SSSR count).